The first-order valence-corrected chi connectivity index (χ1v) is 11.1. The Morgan fingerprint density at radius 2 is 1.88 bits per heavy atom. The summed E-state index contributed by atoms with van der Waals surface area (Å²) in [5, 5.41) is 9.90. The third-order valence-electron chi connectivity index (χ3n) is 5.43. The van der Waals surface area contributed by atoms with E-state index >= 15 is 0 Å². The molecule has 9 heteroatoms. The highest BCUT2D eigenvalue weighted by Crippen LogP contribution is 2.25. The van der Waals surface area contributed by atoms with Crippen LogP contribution in [-0.2, 0) is 27.8 Å². The number of rotatable bonds is 12. The quantitative estimate of drug-likeness (QED) is 0.277. The molecule has 1 amide bonds. The number of hydrogen-bond acceptors (Lipinski definition) is 7. The Kier molecular flexibility index (Phi) is 10.0. The maximum atomic E-state index is 12.6. The number of allylic oxidation sites excluding steroid dienone is 1. The number of nitrogens with one attached hydrogen (secondary N) is 2. The molecule has 2 aromatic rings. The molecule has 0 radical (unpaired) electrons. The number of aromatic nitrogens is 2. The molecule has 1 heterocycles. The molecule has 9 nitrogen and oxygen atoms in total. The van der Waals surface area contributed by atoms with Gasteiger partial charge in [-0.2, -0.15) is 5.10 Å². The van der Waals surface area contributed by atoms with Crippen molar-refractivity contribution in [1.29, 1.82) is 0 Å². The molecular formula is C25H34N4O5. The Labute approximate surface area is 200 Å². The Morgan fingerprint density at radius 1 is 1.21 bits per heavy atom. The van der Waals surface area contributed by atoms with Gasteiger partial charge >= 0.3 is 5.97 Å². The van der Waals surface area contributed by atoms with E-state index in [2.05, 4.69) is 22.3 Å². The van der Waals surface area contributed by atoms with E-state index in [9.17, 15) is 14.4 Å². The van der Waals surface area contributed by atoms with E-state index in [1.165, 1.54) is 25.1 Å². The highest BCUT2D eigenvalue weighted by molar-refractivity contribution is 5.87. The molecule has 34 heavy (non-hydrogen) atoms. The van der Waals surface area contributed by atoms with Crippen molar-refractivity contribution < 1.29 is 19.1 Å². The summed E-state index contributed by atoms with van der Waals surface area (Å²) in [7, 11) is 4.34. The maximum absolute atomic E-state index is 12.6. The van der Waals surface area contributed by atoms with Crippen LogP contribution in [0.5, 0.6) is 5.75 Å². The van der Waals surface area contributed by atoms with Crippen molar-refractivity contribution in [3.05, 3.63) is 58.5 Å². The molecule has 0 unspecified atom stereocenters. The van der Waals surface area contributed by atoms with Crippen LogP contribution in [0.25, 0.3) is 11.1 Å². The van der Waals surface area contributed by atoms with Gasteiger partial charge in [0.05, 0.1) is 32.0 Å². The second-order valence-electron chi connectivity index (χ2n) is 8.24. The van der Waals surface area contributed by atoms with Crippen LogP contribution < -0.4 is 20.9 Å². The van der Waals surface area contributed by atoms with Gasteiger partial charge in [-0.05, 0) is 44.4 Å². The van der Waals surface area contributed by atoms with E-state index in [-0.39, 0.29) is 17.9 Å². The smallest absolute Gasteiger partial charge is 0.328 e. The highest BCUT2D eigenvalue weighted by Gasteiger charge is 2.24. The zero-order valence-electron chi connectivity index (χ0n) is 20.5. The van der Waals surface area contributed by atoms with Crippen LogP contribution in [-0.4, -0.2) is 54.5 Å². The monoisotopic (exact) mass is 470 g/mol. The number of aryl methyl sites for hydroxylation is 1. The van der Waals surface area contributed by atoms with E-state index in [0.717, 1.165) is 24.0 Å². The van der Waals surface area contributed by atoms with E-state index in [4.69, 9.17) is 9.47 Å². The lowest BCUT2D eigenvalue weighted by molar-refractivity contribution is -0.145. The SMILES string of the molecule is C=C(C)CCCN[C@@H](C)C(=O)N[C@@H](Cc1ccc(-c2c(OC)cnn(C)c2=O)cc1)C(=O)OC. The number of carbonyl (C=O) groups is 2. The van der Waals surface area contributed by atoms with Crippen molar-refractivity contribution in [1.82, 2.24) is 20.4 Å². The van der Waals surface area contributed by atoms with Crippen LogP contribution in [0.2, 0.25) is 0 Å². The predicted octanol–water partition coefficient (Wildman–Crippen LogP) is 1.99. The van der Waals surface area contributed by atoms with Gasteiger partial charge in [0.1, 0.15) is 6.04 Å². The van der Waals surface area contributed by atoms with Crippen LogP contribution in [0.4, 0.5) is 0 Å². The van der Waals surface area contributed by atoms with Crippen LogP contribution in [0, 0.1) is 0 Å². The molecule has 2 rings (SSSR count). The average Bonchev–Trinajstić information content (AvgIpc) is 2.82. The summed E-state index contributed by atoms with van der Waals surface area (Å²) in [4.78, 5) is 37.5. The summed E-state index contributed by atoms with van der Waals surface area (Å²) in [5.74, 6) is -0.441. The minimum Gasteiger partial charge on any atom is -0.494 e. The maximum Gasteiger partial charge on any atom is 0.328 e. The van der Waals surface area contributed by atoms with E-state index in [1.807, 2.05) is 6.92 Å². The number of benzene rings is 1. The minimum absolute atomic E-state index is 0.243. The lowest BCUT2D eigenvalue weighted by Crippen LogP contribution is -2.50. The van der Waals surface area contributed by atoms with Crippen molar-refractivity contribution in [3.63, 3.8) is 0 Å². The first-order valence-electron chi connectivity index (χ1n) is 11.1. The van der Waals surface area contributed by atoms with E-state index in [1.54, 1.807) is 38.2 Å². The van der Waals surface area contributed by atoms with Crippen molar-refractivity contribution in [2.45, 2.75) is 45.2 Å². The fraction of sp³-hybridized carbons (Fsp3) is 0.440. The second-order valence-corrected chi connectivity index (χ2v) is 8.24. The molecule has 184 valence electrons. The van der Waals surface area contributed by atoms with Crippen molar-refractivity contribution in [2.75, 3.05) is 20.8 Å². The predicted molar refractivity (Wildman–Crippen MR) is 131 cm³/mol. The number of esters is 1. The highest BCUT2D eigenvalue weighted by atomic mass is 16.5. The Morgan fingerprint density at radius 3 is 2.47 bits per heavy atom. The zero-order chi connectivity index (χ0) is 25.3. The van der Waals surface area contributed by atoms with Crippen LogP contribution in [0.1, 0.15) is 32.3 Å². The number of methoxy groups -OCH3 is 2. The molecule has 0 saturated carbocycles. The standard InChI is InChI=1S/C25H34N4O5/c1-16(2)8-7-13-26-17(3)23(30)28-20(25(32)34-6)14-18-9-11-19(12-10-18)22-21(33-5)15-27-29(4)24(22)31/h9-12,15,17,20,26H,1,7-8,13-14H2,2-6H3,(H,28,30)/t17-,20-/m0/s1. The van der Waals surface area contributed by atoms with Gasteiger partial charge in [0.25, 0.3) is 5.56 Å². The van der Waals surface area contributed by atoms with Crippen LogP contribution in [0.3, 0.4) is 0 Å². The van der Waals surface area contributed by atoms with Gasteiger partial charge in [-0.3, -0.25) is 9.59 Å². The number of carbonyl (C=O) groups excluding carboxylic acids is 2. The lowest BCUT2D eigenvalue weighted by atomic mass is 10.0. The lowest BCUT2D eigenvalue weighted by Gasteiger charge is -2.20. The third-order valence-corrected chi connectivity index (χ3v) is 5.43. The second kappa shape index (κ2) is 12.7. The molecule has 0 aliphatic carbocycles. The summed E-state index contributed by atoms with van der Waals surface area (Å²) in [5.41, 5.74) is 2.67. The fourth-order valence-corrected chi connectivity index (χ4v) is 3.42. The Hall–Kier alpha value is -3.46. The number of nitrogens with zero attached hydrogens (tertiary/aromatic N) is 2. The number of amides is 1. The van der Waals surface area contributed by atoms with Gasteiger partial charge in [-0.25, -0.2) is 9.48 Å². The zero-order valence-corrected chi connectivity index (χ0v) is 20.5. The van der Waals surface area contributed by atoms with Gasteiger partial charge in [-0.15, -0.1) is 6.58 Å². The van der Waals surface area contributed by atoms with Crippen LogP contribution >= 0.6 is 0 Å². The third kappa shape index (κ3) is 7.28. The fourth-order valence-electron chi connectivity index (χ4n) is 3.42. The Bertz CT molecular complexity index is 1060. The molecule has 0 saturated heterocycles. The molecular weight excluding hydrogens is 436 g/mol. The average molecular weight is 471 g/mol. The molecule has 1 aromatic heterocycles. The molecule has 0 spiro atoms. The number of ether oxygens (including phenoxy) is 2. The summed E-state index contributed by atoms with van der Waals surface area (Å²) >= 11 is 0. The van der Waals surface area contributed by atoms with Crippen molar-refractivity contribution in [3.8, 4) is 16.9 Å². The molecule has 2 atom stereocenters. The minimum atomic E-state index is -0.841. The topological polar surface area (TPSA) is 112 Å². The molecule has 0 bridgehead atoms. The summed E-state index contributed by atoms with van der Waals surface area (Å²) in [6.45, 7) is 8.26. The molecule has 0 fully saturated rings. The van der Waals surface area contributed by atoms with Crippen molar-refractivity contribution in [2.24, 2.45) is 7.05 Å². The summed E-state index contributed by atoms with van der Waals surface area (Å²) in [6.07, 6.45) is 3.50. The summed E-state index contributed by atoms with van der Waals surface area (Å²) in [6, 6.07) is 5.85. The molecule has 2 N–H and O–H groups in total. The van der Waals surface area contributed by atoms with E-state index in [0.29, 0.717) is 23.4 Å². The largest absolute Gasteiger partial charge is 0.494 e. The number of hydrogen-bond donors (Lipinski definition) is 2. The molecule has 1 aromatic carbocycles. The van der Waals surface area contributed by atoms with Gasteiger partial charge in [0.15, 0.2) is 5.75 Å². The van der Waals surface area contributed by atoms with Gasteiger partial charge in [-0.1, -0.05) is 29.8 Å². The first kappa shape index (κ1) is 26.8. The van der Waals surface area contributed by atoms with Crippen molar-refractivity contribution >= 4 is 11.9 Å². The van der Waals surface area contributed by atoms with Gasteiger partial charge < -0.3 is 20.1 Å². The molecule has 0 aliphatic heterocycles. The van der Waals surface area contributed by atoms with Crippen LogP contribution in [0.15, 0.2) is 47.4 Å². The normalized spacial score (nSPS) is 12.5. The Balaban J connectivity index is 2.11. The van der Waals surface area contributed by atoms with Gasteiger partial charge in [0.2, 0.25) is 5.91 Å². The van der Waals surface area contributed by atoms with E-state index < -0.39 is 18.1 Å². The first-order chi connectivity index (χ1) is 16.2. The molecule has 0 aliphatic rings. The van der Waals surface area contributed by atoms with Gasteiger partial charge in [0, 0.05) is 13.5 Å². The summed E-state index contributed by atoms with van der Waals surface area (Å²) < 4.78 is 11.4.